The minimum Gasteiger partial charge on any atom is -0.497 e. The van der Waals surface area contributed by atoms with Crippen molar-refractivity contribution in [3.05, 3.63) is 74.5 Å². The molecule has 2 saturated heterocycles. The first kappa shape index (κ1) is 25.5. The van der Waals surface area contributed by atoms with Gasteiger partial charge in [0.15, 0.2) is 0 Å². The van der Waals surface area contributed by atoms with E-state index in [1.807, 2.05) is 43.3 Å². The van der Waals surface area contributed by atoms with E-state index in [1.165, 1.54) is 11.8 Å². The van der Waals surface area contributed by atoms with E-state index in [1.54, 1.807) is 28.7 Å². The zero-order valence-electron chi connectivity index (χ0n) is 21.4. The van der Waals surface area contributed by atoms with Crippen molar-refractivity contribution in [1.29, 1.82) is 0 Å². The maximum atomic E-state index is 13.8. The van der Waals surface area contributed by atoms with E-state index in [-0.39, 0.29) is 11.5 Å². The Morgan fingerprint density at radius 3 is 2.49 bits per heavy atom. The number of carbonyl (C=O) groups is 1. The molecular formula is C28H30N4O3S2. The molecular weight excluding hydrogens is 504 g/mol. The highest BCUT2D eigenvalue weighted by molar-refractivity contribution is 8.26. The highest BCUT2D eigenvalue weighted by Gasteiger charge is 2.33. The number of ether oxygens (including phenoxy) is 1. The third kappa shape index (κ3) is 5.15. The molecule has 0 radical (unpaired) electrons. The van der Waals surface area contributed by atoms with Crippen LogP contribution in [0.1, 0.15) is 37.0 Å². The van der Waals surface area contributed by atoms with Crippen LogP contribution >= 0.6 is 24.0 Å². The van der Waals surface area contributed by atoms with Crippen LogP contribution < -0.4 is 15.2 Å². The lowest BCUT2D eigenvalue weighted by Crippen LogP contribution is -2.40. The SMILES string of the molecule is COc1ccc(CN2C(=O)C(=Cc3c(N4CC(C)CC(C)C4)nc4ccc(C)cn4c3=O)SC2=S)cc1. The molecule has 37 heavy (non-hydrogen) atoms. The Balaban J connectivity index is 1.55. The molecule has 2 aliphatic rings. The largest absolute Gasteiger partial charge is 0.497 e. The van der Waals surface area contributed by atoms with Gasteiger partial charge in [0.1, 0.15) is 21.5 Å². The van der Waals surface area contributed by atoms with Crippen molar-refractivity contribution < 1.29 is 9.53 Å². The molecule has 0 spiro atoms. The van der Waals surface area contributed by atoms with Gasteiger partial charge in [-0.3, -0.25) is 18.9 Å². The molecule has 0 N–H and O–H groups in total. The number of piperidine rings is 1. The molecule has 2 fully saturated rings. The number of rotatable bonds is 5. The molecule has 5 rings (SSSR count). The highest BCUT2D eigenvalue weighted by atomic mass is 32.2. The molecule has 1 aromatic carbocycles. The van der Waals surface area contributed by atoms with E-state index in [4.69, 9.17) is 21.9 Å². The minimum atomic E-state index is -0.203. The number of methoxy groups -OCH3 is 1. The van der Waals surface area contributed by atoms with E-state index in [0.29, 0.717) is 44.6 Å². The fourth-order valence-corrected chi connectivity index (χ4v) is 6.37. The third-order valence-corrected chi connectivity index (χ3v) is 8.18. The topological polar surface area (TPSA) is 67.2 Å². The van der Waals surface area contributed by atoms with Gasteiger partial charge >= 0.3 is 0 Å². The summed E-state index contributed by atoms with van der Waals surface area (Å²) in [4.78, 5) is 36.4. The molecule has 2 aromatic heterocycles. The average Bonchev–Trinajstić information content (AvgIpc) is 3.13. The normalized spacial score (nSPS) is 21.4. The molecule has 4 heterocycles. The van der Waals surface area contributed by atoms with Gasteiger partial charge in [0.05, 0.1) is 24.1 Å². The summed E-state index contributed by atoms with van der Waals surface area (Å²) in [5.41, 5.74) is 2.74. The van der Waals surface area contributed by atoms with Crippen LogP contribution in [0.4, 0.5) is 5.82 Å². The number of aromatic nitrogens is 2. The van der Waals surface area contributed by atoms with Gasteiger partial charge < -0.3 is 9.64 Å². The van der Waals surface area contributed by atoms with E-state index in [9.17, 15) is 9.59 Å². The highest BCUT2D eigenvalue weighted by Crippen LogP contribution is 2.35. The number of benzene rings is 1. The summed E-state index contributed by atoms with van der Waals surface area (Å²) >= 11 is 6.79. The van der Waals surface area contributed by atoms with Gasteiger partial charge in [-0.05, 0) is 60.6 Å². The summed E-state index contributed by atoms with van der Waals surface area (Å²) in [6, 6.07) is 11.4. The van der Waals surface area contributed by atoms with Crippen molar-refractivity contribution in [2.24, 2.45) is 11.8 Å². The summed E-state index contributed by atoms with van der Waals surface area (Å²) in [6.45, 7) is 8.38. The van der Waals surface area contributed by atoms with E-state index >= 15 is 0 Å². The third-order valence-electron chi connectivity index (χ3n) is 6.80. The molecule has 3 aromatic rings. The second kappa shape index (κ2) is 10.3. The zero-order chi connectivity index (χ0) is 26.3. The van der Waals surface area contributed by atoms with Gasteiger partial charge in [0.25, 0.3) is 11.5 Å². The maximum absolute atomic E-state index is 13.8. The number of nitrogens with zero attached hydrogens (tertiary/aromatic N) is 4. The first-order valence-corrected chi connectivity index (χ1v) is 13.6. The molecule has 7 nitrogen and oxygen atoms in total. The lowest BCUT2D eigenvalue weighted by molar-refractivity contribution is -0.122. The van der Waals surface area contributed by atoms with Crippen molar-refractivity contribution in [3.8, 4) is 5.75 Å². The maximum Gasteiger partial charge on any atom is 0.267 e. The van der Waals surface area contributed by atoms with Gasteiger partial charge in [0, 0.05) is 19.3 Å². The van der Waals surface area contributed by atoms with Crippen LogP contribution in [0.3, 0.4) is 0 Å². The minimum absolute atomic E-state index is 0.185. The lowest BCUT2D eigenvalue weighted by atomic mass is 9.91. The first-order chi connectivity index (χ1) is 17.7. The van der Waals surface area contributed by atoms with Gasteiger partial charge in [0.2, 0.25) is 0 Å². The second-order valence-electron chi connectivity index (χ2n) is 10.1. The first-order valence-electron chi connectivity index (χ1n) is 12.4. The Kier molecular flexibility index (Phi) is 7.09. The van der Waals surface area contributed by atoms with Gasteiger partial charge in [-0.1, -0.05) is 56.0 Å². The predicted octanol–water partition coefficient (Wildman–Crippen LogP) is 4.90. The number of anilines is 1. The van der Waals surface area contributed by atoms with Gasteiger partial charge in [-0.15, -0.1) is 0 Å². The summed E-state index contributed by atoms with van der Waals surface area (Å²) < 4.78 is 7.27. The predicted molar refractivity (Wildman–Crippen MR) is 153 cm³/mol. The number of fused-ring (bicyclic) bond motifs is 1. The van der Waals surface area contributed by atoms with Crippen LogP contribution in [0.5, 0.6) is 5.75 Å². The van der Waals surface area contributed by atoms with Crippen LogP contribution in [0.25, 0.3) is 11.7 Å². The van der Waals surface area contributed by atoms with E-state index in [2.05, 4.69) is 18.7 Å². The monoisotopic (exact) mass is 534 g/mol. The number of hydrogen-bond acceptors (Lipinski definition) is 7. The molecule has 0 saturated carbocycles. The number of carbonyl (C=O) groups excluding carboxylic acids is 1. The Morgan fingerprint density at radius 1 is 1.11 bits per heavy atom. The Hall–Kier alpha value is -3.17. The molecule has 2 atom stereocenters. The van der Waals surface area contributed by atoms with Gasteiger partial charge in [-0.25, -0.2) is 4.98 Å². The van der Waals surface area contributed by atoms with Crippen LogP contribution in [-0.2, 0) is 11.3 Å². The van der Waals surface area contributed by atoms with Crippen molar-refractivity contribution in [3.63, 3.8) is 0 Å². The zero-order valence-corrected chi connectivity index (χ0v) is 23.1. The Morgan fingerprint density at radius 2 is 1.81 bits per heavy atom. The molecule has 192 valence electrons. The van der Waals surface area contributed by atoms with Crippen molar-refractivity contribution in [1.82, 2.24) is 14.3 Å². The number of hydrogen-bond donors (Lipinski definition) is 0. The molecule has 2 aliphatic heterocycles. The quantitative estimate of drug-likeness (QED) is 0.341. The molecule has 0 bridgehead atoms. The number of pyridine rings is 1. The number of aryl methyl sites for hydroxylation is 1. The fourth-order valence-electron chi connectivity index (χ4n) is 5.13. The average molecular weight is 535 g/mol. The summed E-state index contributed by atoms with van der Waals surface area (Å²) in [7, 11) is 1.62. The van der Waals surface area contributed by atoms with E-state index < -0.39 is 0 Å². The van der Waals surface area contributed by atoms with Gasteiger partial charge in [-0.2, -0.15) is 0 Å². The molecule has 9 heteroatoms. The molecule has 1 amide bonds. The van der Waals surface area contributed by atoms with Crippen LogP contribution in [0.2, 0.25) is 0 Å². The van der Waals surface area contributed by atoms with Crippen molar-refractivity contribution in [2.45, 2.75) is 33.7 Å². The molecule has 0 aliphatic carbocycles. The lowest BCUT2D eigenvalue weighted by Gasteiger charge is -2.36. The summed E-state index contributed by atoms with van der Waals surface area (Å²) in [5.74, 6) is 2.15. The fraction of sp³-hybridized carbons (Fsp3) is 0.357. The van der Waals surface area contributed by atoms with Crippen LogP contribution in [0.15, 0.2) is 52.3 Å². The number of amides is 1. The van der Waals surface area contributed by atoms with E-state index in [0.717, 1.165) is 36.4 Å². The van der Waals surface area contributed by atoms with Crippen molar-refractivity contribution >= 4 is 51.7 Å². The number of thiocarbonyl (C=S) groups is 1. The Labute approximate surface area is 226 Å². The standard InChI is InChI=1S/C28H30N4O3S2/c1-17-5-10-24-29-25(30-13-18(2)11-19(3)14-30)22(26(33)31(24)15-17)12-23-27(34)32(28(36)37-23)16-20-6-8-21(35-4)9-7-20/h5-10,12,15,18-19H,11,13-14,16H2,1-4H3. The second-order valence-corrected chi connectivity index (χ2v) is 11.7. The smallest absolute Gasteiger partial charge is 0.267 e. The van der Waals surface area contributed by atoms with Crippen LogP contribution in [0, 0.1) is 18.8 Å². The molecule has 2 unspecified atom stereocenters. The summed E-state index contributed by atoms with van der Waals surface area (Å²) in [6.07, 6.45) is 4.63. The van der Waals surface area contributed by atoms with Crippen LogP contribution in [-0.4, -0.2) is 44.7 Å². The Bertz CT molecular complexity index is 1450. The van der Waals surface area contributed by atoms with Crippen molar-refractivity contribution in [2.75, 3.05) is 25.1 Å². The summed E-state index contributed by atoms with van der Waals surface area (Å²) in [5, 5.41) is 0. The number of thioether (sulfide) groups is 1.